The van der Waals surface area contributed by atoms with Gasteiger partial charge >= 0.3 is 11.9 Å². The van der Waals surface area contributed by atoms with E-state index < -0.39 is 28.7 Å². The van der Waals surface area contributed by atoms with Crippen molar-refractivity contribution < 1.29 is 19.8 Å². The molecule has 0 heterocycles. The zero-order chi connectivity index (χ0) is 13.1. The summed E-state index contributed by atoms with van der Waals surface area (Å²) >= 11 is 0. The van der Waals surface area contributed by atoms with Gasteiger partial charge in [-0.2, -0.15) is 0 Å². The van der Waals surface area contributed by atoms with Gasteiger partial charge in [0, 0.05) is 0 Å². The van der Waals surface area contributed by atoms with Crippen LogP contribution in [0.25, 0.3) is 0 Å². The Morgan fingerprint density at radius 2 is 1.56 bits per heavy atom. The second kappa shape index (κ2) is 4.85. The van der Waals surface area contributed by atoms with Crippen molar-refractivity contribution in [3.05, 3.63) is 0 Å². The highest BCUT2D eigenvalue weighted by Crippen LogP contribution is 2.56. The molecule has 0 aromatic carbocycles. The molecule has 4 nitrogen and oxygen atoms in total. The smallest absolute Gasteiger partial charge is 0.309 e. The summed E-state index contributed by atoms with van der Waals surface area (Å²) < 4.78 is 0. The fourth-order valence-corrected chi connectivity index (χ4v) is 2.32. The second-order valence-corrected chi connectivity index (χ2v) is 4.79. The summed E-state index contributed by atoms with van der Waals surface area (Å²) in [6, 6.07) is 0. The standard InChI is InChI=1S/C10H16O4.C2H6/c1-9(2)6(7(11)12)4-5-10(9,3)8(13)14;1-2/h6H,4-5H2,1-3H3,(H,11,12)(H,13,14);1-2H3/t6?,10-;/m1./s1. The Balaban J connectivity index is 0.00000106. The molecule has 1 unspecified atom stereocenters. The van der Waals surface area contributed by atoms with Crippen molar-refractivity contribution in [3.63, 3.8) is 0 Å². The molecule has 1 aliphatic carbocycles. The maximum atomic E-state index is 11.1. The van der Waals surface area contributed by atoms with E-state index in [1.807, 2.05) is 13.8 Å². The molecule has 0 radical (unpaired) electrons. The predicted octanol–water partition coefficient (Wildman–Crippen LogP) is 2.62. The van der Waals surface area contributed by atoms with Crippen molar-refractivity contribution >= 4 is 11.9 Å². The van der Waals surface area contributed by atoms with Crippen LogP contribution < -0.4 is 0 Å². The fraction of sp³-hybridized carbons (Fsp3) is 0.833. The van der Waals surface area contributed by atoms with E-state index in [0.717, 1.165) is 0 Å². The molecule has 1 saturated carbocycles. The fourth-order valence-electron chi connectivity index (χ4n) is 2.32. The zero-order valence-corrected chi connectivity index (χ0v) is 10.7. The minimum absolute atomic E-state index is 0.437. The van der Waals surface area contributed by atoms with E-state index in [1.54, 1.807) is 20.8 Å². The number of carboxylic acids is 2. The van der Waals surface area contributed by atoms with Crippen LogP contribution in [0.4, 0.5) is 0 Å². The molecule has 1 fully saturated rings. The SMILES string of the molecule is CC.CC1(C)C(C(=O)O)CC[C@]1(C)C(=O)O. The highest BCUT2D eigenvalue weighted by Gasteiger charge is 2.58. The molecular weight excluding hydrogens is 208 g/mol. The molecule has 0 saturated heterocycles. The summed E-state index contributed by atoms with van der Waals surface area (Å²) in [5, 5.41) is 18.1. The Bertz CT molecular complexity index is 283. The van der Waals surface area contributed by atoms with E-state index >= 15 is 0 Å². The molecule has 1 aliphatic rings. The second-order valence-electron chi connectivity index (χ2n) is 4.79. The van der Waals surface area contributed by atoms with Crippen LogP contribution in [0, 0.1) is 16.7 Å². The van der Waals surface area contributed by atoms with Crippen molar-refractivity contribution in [3.8, 4) is 0 Å². The quantitative estimate of drug-likeness (QED) is 0.764. The third-order valence-electron chi connectivity index (χ3n) is 4.00. The average Bonchev–Trinajstić information content (AvgIpc) is 2.42. The van der Waals surface area contributed by atoms with Crippen LogP contribution in [-0.2, 0) is 9.59 Å². The molecule has 0 aromatic heterocycles. The van der Waals surface area contributed by atoms with Crippen molar-refractivity contribution in [1.82, 2.24) is 0 Å². The Hall–Kier alpha value is -1.06. The molecule has 0 aromatic rings. The van der Waals surface area contributed by atoms with Gasteiger partial charge in [0.2, 0.25) is 0 Å². The number of hydrogen-bond acceptors (Lipinski definition) is 2. The van der Waals surface area contributed by atoms with Gasteiger partial charge in [-0.3, -0.25) is 9.59 Å². The van der Waals surface area contributed by atoms with Gasteiger partial charge in [-0.25, -0.2) is 0 Å². The lowest BCUT2D eigenvalue weighted by molar-refractivity contribution is -0.157. The Morgan fingerprint density at radius 1 is 1.12 bits per heavy atom. The van der Waals surface area contributed by atoms with Gasteiger partial charge in [-0.1, -0.05) is 27.7 Å². The number of aliphatic carboxylic acids is 2. The predicted molar refractivity (Wildman–Crippen MR) is 61.2 cm³/mol. The van der Waals surface area contributed by atoms with Gasteiger partial charge in [0.25, 0.3) is 0 Å². The first-order valence-corrected chi connectivity index (χ1v) is 5.69. The number of carboxylic acid groups (broad SMARTS) is 2. The molecule has 2 N–H and O–H groups in total. The summed E-state index contributed by atoms with van der Waals surface area (Å²) in [6.07, 6.45) is 0.886. The summed E-state index contributed by atoms with van der Waals surface area (Å²) in [5.41, 5.74) is -1.61. The van der Waals surface area contributed by atoms with Crippen LogP contribution in [0.2, 0.25) is 0 Å². The molecule has 94 valence electrons. The largest absolute Gasteiger partial charge is 0.481 e. The van der Waals surface area contributed by atoms with Gasteiger partial charge in [0.1, 0.15) is 0 Å². The Labute approximate surface area is 96.7 Å². The lowest BCUT2D eigenvalue weighted by Gasteiger charge is -2.36. The summed E-state index contributed by atoms with van der Waals surface area (Å²) in [7, 11) is 0. The van der Waals surface area contributed by atoms with E-state index in [1.165, 1.54) is 0 Å². The van der Waals surface area contributed by atoms with E-state index in [9.17, 15) is 9.59 Å². The minimum atomic E-state index is -0.921. The summed E-state index contributed by atoms with van der Waals surface area (Å²) in [6.45, 7) is 9.10. The van der Waals surface area contributed by atoms with Gasteiger partial charge in [-0.05, 0) is 25.2 Å². The van der Waals surface area contributed by atoms with Gasteiger partial charge in [-0.15, -0.1) is 0 Å². The van der Waals surface area contributed by atoms with Crippen LogP contribution in [0.1, 0.15) is 47.5 Å². The first-order valence-electron chi connectivity index (χ1n) is 5.69. The van der Waals surface area contributed by atoms with Crippen LogP contribution in [-0.4, -0.2) is 22.2 Å². The molecule has 1 rings (SSSR count). The van der Waals surface area contributed by atoms with Crippen molar-refractivity contribution in [1.29, 1.82) is 0 Å². The first kappa shape index (κ1) is 14.9. The van der Waals surface area contributed by atoms with Gasteiger partial charge in [0.15, 0.2) is 0 Å². The molecule has 16 heavy (non-hydrogen) atoms. The lowest BCUT2D eigenvalue weighted by atomic mass is 9.66. The van der Waals surface area contributed by atoms with E-state index in [0.29, 0.717) is 12.8 Å². The van der Waals surface area contributed by atoms with E-state index in [2.05, 4.69) is 0 Å². The maximum Gasteiger partial charge on any atom is 0.309 e. The number of rotatable bonds is 2. The molecule has 2 atom stereocenters. The summed E-state index contributed by atoms with van der Waals surface area (Å²) in [5.74, 6) is -2.34. The average molecular weight is 230 g/mol. The van der Waals surface area contributed by atoms with Gasteiger partial charge in [0.05, 0.1) is 11.3 Å². The highest BCUT2D eigenvalue weighted by atomic mass is 16.4. The Morgan fingerprint density at radius 3 is 1.75 bits per heavy atom. The van der Waals surface area contributed by atoms with E-state index in [4.69, 9.17) is 10.2 Å². The number of hydrogen-bond donors (Lipinski definition) is 2. The minimum Gasteiger partial charge on any atom is -0.481 e. The van der Waals surface area contributed by atoms with Crippen molar-refractivity contribution in [2.75, 3.05) is 0 Å². The molecular formula is C12H22O4. The zero-order valence-electron chi connectivity index (χ0n) is 10.7. The maximum absolute atomic E-state index is 11.1. The van der Waals surface area contributed by atoms with Crippen molar-refractivity contribution in [2.45, 2.75) is 47.5 Å². The Kier molecular flexibility index (Phi) is 4.53. The van der Waals surface area contributed by atoms with Crippen LogP contribution in [0.5, 0.6) is 0 Å². The van der Waals surface area contributed by atoms with E-state index in [-0.39, 0.29) is 0 Å². The highest BCUT2D eigenvalue weighted by molar-refractivity contribution is 5.80. The molecule has 0 aliphatic heterocycles. The normalized spacial score (nSPS) is 31.4. The first-order chi connectivity index (χ1) is 7.23. The molecule has 0 amide bonds. The summed E-state index contributed by atoms with van der Waals surface area (Å²) in [4.78, 5) is 22.0. The number of carbonyl (C=O) groups is 2. The van der Waals surface area contributed by atoms with Crippen LogP contribution in [0.15, 0.2) is 0 Å². The van der Waals surface area contributed by atoms with Gasteiger partial charge < -0.3 is 10.2 Å². The molecule has 0 bridgehead atoms. The molecule has 4 heteroatoms. The monoisotopic (exact) mass is 230 g/mol. The van der Waals surface area contributed by atoms with Crippen LogP contribution in [0.3, 0.4) is 0 Å². The molecule has 0 spiro atoms. The van der Waals surface area contributed by atoms with Crippen LogP contribution >= 0.6 is 0 Å². The topological polar surface area (TPSA) is 74.6 Å². The van der Waals surface area contributed by atoms with Crippen molar-refractivity contribution in [2.24, 2.45) is 16.7 Å². The third kappa shape index (κ3) is 2.06. The third-order valence-corrected chi connectivity index (χ3v) is 4.00. The lowest BCUT2D eigenvalue weighted by Crippen LogP contribution is -2.42.